The van der Waals surface area contributed by atoms with Crippen molar-refractivity contribution in [3.05, 3.63) is 103 Å². The lowest BCUT2D eigenvalue weighted by Crippen LogP contribution is -1.97. The quantitative estimate of drug-likeness (QED) is 0.391. The number of hydrogen-bond donors (Lipinski definition) is 1. The summed E-state index contributed by atoms with van der Waals surface area (Å²) >= 11 is 0. The summed E-state index contributed by atoms with van der Waals surface area (Å²) in [5, 5.41) is 12.7. The largest absolute Gasteiger partial charge is 0.494 e. The normalized spacial score (nSPS) is 11.0. The molecule has 31 heavy (non-hydrogen) atoms. The molecule has 5 nitrogen and oxygen atoms in total. The first-order valence-electron chi connectivity index (χ1n) is 10.1. The zero-order chi connectivity index (χ0) is 21.2. The molecule has 152 valence electrons. The molecule has 0 aliphatic heterocycles. The Hall–Kier alpha value is -4.12. The van der Waals surface area contributed by atoms with Gasteiger partial charge in [0.15, 0.2) is 5.88 Å². The molecule has 0 aliphatic rings. The lowest BCUT2D eigenvalue weighted by Gasteiger charge is -2.08. The van der Waals surface area contributed by atoms with E-state index in [9.17, 15) is 5.11 Å². The van der Waals surface area contributed by atoms with E-state index in [0.29, 0.717) is 12.3 Å². The summed E-state index contributed by atoms with van der Waals surface area (Å²) < 4.78 is 7.68. The molecule has 5 aromatic rings. The Kier molecular flexibility index (Phi) is 4.84. The van der Waals surface area contributed by atoms with Crippen LogP contribution in [0.1, 0.15) is 11.1 Å². The number of aromatic hydroxyl groups is 1. The lowest BCUT2D eigenvalue weighted by atomic mass is 10.0. The van der Waals surface area contributed by atoms with Crippen LogP contribution in [0.5, 0.6) is 17.4 Å². The minimum atomic E-state index is 0.279. The Balaban J connectivity index is 1.41. The van der Waals surface area contributed by atoms with E-state index in [0.717, 1.165) is 38.8 Å². The highest BCUT2D eigenvalue weighted by molar-refractivity contribution is 5.94. The molecular weight excluding hydrogens is 386 g/mol. The van der Waals surface area contributed by atoms with Crippen molar-refractivity contribution in [3.63, 3.8) is 0 Å². The second-order valence-corrected chi connectivity index (χ2v) is 7.51. The van der Waals surface area contributed by atoms with Gasteiger partial charge in [-0.1, -0.05) is 24.3 Å². The number of pyridine rings is 2. The fourth-order valence-electron chi connectivity index (χ4n) is 3.82. The Bertz CT molecular complexity index is 1330. The van der Waals surface area contributed by atoms with Crippen LogP contribution in [0.3, 0.4) is 0 Å². The molecule has 0 amide bonds. The summed E-state index contributed by atoms with van der Waals surface area (Å²) in [7, 11) is 0. The number of ether oxygens (including phenoxy) is 1. The third-order valence-electron chi connectivity index (χ3n) is 5.30. The van der Waals surface area contributed by atoms with Crippen molar-refractivity contribution in [2.24, 2.45) is 0 Å². The third-order valence-corrected chi connectivity index (χ3v) is 5.30. The monoisotopic (exact) mass is 407 g/mol. The van der Waals surface area contributed by atoms with Gasteiger partial charge >= 0.3 is 0 Å². The van der Waals surface area contributed by atoms with Crippen LogP contribution in [0.2, 0.25) is 0 Å². The van der Waals surface area contributed by atoms with Crippen molar-refractivity contribution in [1.29, 1.82) is 0 Å². The number of aryl methyl sites for hydroxylation is 1. The maximum absolute atomic E-state index is 10.9. The van der Waals surface area contributed by atoms with Crippen molar-refractivity contribution in [1.82, 2.24) is 14.5 Å². The summed E-state index contributed by atoms with van der Waals surface area (Å²) in [5.41, 5.74) is 4.25. The first kappa shape index (κ1) is 18.9. The molecule has 0 saturated heterocycles. The van der Waals surface area contributed by atoms with Gasteiger partial charge in [-0.2, -0.15) is 0 Å². The summed E-state index contributed by atoms with van der Waals surface area (Å²) in [5.74, 6) is 1.72. The standard InChI is InChI=1S/C26H21N3O2/c1-18-12-21(20-4-2-10-27-14-20)13-22-17-29(26(30)25(18)22)16-19-6-8-23(9-7-19)31-24-5-3-11-28-15-24/h2-15,17,30H,16H2,1H3. The van der Waals surface area contributed by atoms with E-state index >= 15 is 0 Å². The number of benzene rings is 2. The first-order chi connectivity index (χ1) is 15.2. The lowest BCUT2D eigenvalue weighted by molar-refractivity contribution is 0.430. The molecule has 0 saturated carbocycles. The van der Waals surface area contributed by atoms with Gasteiger partial charge in [-0.05, 0) is 60.0 Å². The first-order valence-corrected chi connectivity index (χ1v) is 10.1. The van der Waals surface area contributed by atoms with Crippen LogP contribution in [0.15, 0.2) is 91.6 Å². The zero-order valence-electron chi connectivity index (χ0n) is 17.1. The van der Waals surface area contributed by atoms with E-state index < -0.39 is 0 Å². The van der Waals surface area contributed by atoms with E-state index in [2.05, 4.69) is 22.1 Å². The Morgan fingerprint density at radius 3 is 2.35 bits per heavy atom. The third kappa shape index (κ3) is 3.85. The van der Waals surface area contributed by atoms with Crippen LogP contribution in [-0.2, 0) is 6.54 Å². The molecule has 5 rings (SSSR count). The maximum atomic E-state index is 10.9. The minimum absolute atomic E-state index is 0.279. The van der Waals surface area contributed by atoms with Crippen molar-refractivity contribution in [3.8, 4) is 28.5 Å². The molecule has 0 unspecified atom stereocenters. The van der Waals surface area contributed by atoms with Gasteiger partial charge in [0.2, 0.25) is 0 Å². The van der Waals surface area contributed by atoms with E-state index in [1.165, 1.54) is 0 Å². The van der Waals surface area contributed by atoms with Crippen LogP contribution in [0.25, 0.3) is 21.9 Å². The number of rotatable bonds is 5. The fraction of sp³-hybridized carbons (Fsp3) is 0.0769. The molecule has 3 heterocycles. The van der Waals surface area contributed by atoms with Crippen LogP contribution in [0.4, 0.5) is 0 Å². The van der Waals surface area contributed by atoms with Gasteiger partial charge in [-0.25, -0.2) is 0 Å². The molecule has 0 radical (unpaired) electrons. The van der Waals surface area contributed by atoms with E-state index in [4.69, 9.17) is 4.74 Å². The average molecular weight is 407 g/mol. The number of aromatic nitrogens is 3. The van der Waals surface area contributed by atoms with Gasteiger partial charge in [-0.3, -0.25) is 9.97 Å². The summed E-state index contributed by atoms with van der Waals surface area (Å²) in [4.78, 5) is 8.27. The highest BCUT2D eigenvalue weighted by Gasteiger charge is 2.13. The van der Waals surface area contributed by atoms with Crippen LogP contribution < -0.4 is 4.74 Å². The highest BCUT2D eigenvalue weighted by atomic mass is 16.5. The van der Waals surface area contributed by atoms with Crippen LogP contribution in [0, 0.1) is 6.92 Å². The second kappa shape index (κ2) is 7.95. The fourth-order valence-corrected chi connectivity index (χ4v) is 3.82. The van der Waals surface area contributed by atoms with Gasteiger partial charge in [0, 0.05) is 41.1 Å². The summed E-state index contributed by atoms with van der Waals surface area (Å²) in [6, 6.07) is 19.7. The van der Waals surface area contributed by atoms with Crippen LogP contribution in [-0.4, -0.2) is 19.6 Å². The molecule has 0 atom stereocenters. The van der Waals surface area contributed by atoms with Gasteiger partial charge in [0.25, 0.3) is 0 Å². The van der Waals surface area contributed by atoms with Crippen molar-refractivity contribution >= 4 is 10.8 Å². The molecule has 5 heteroatoms. The summed E-state index contributed by atoms with van der Waals surface area (Å²) in [6.45, 7) is 2.59. The minimum Gasteiger partial charge on any atom is -0.494 e. The van der Waals surface area contributed by atoms with E-state index in [1.807, 2.05) is 72.4 Å². The molecule has 0 bridgehead atoms. The molecule has 0 aliphatic carbocycles. The number of nitrogens with zero attached hydrogens (tertiary/aromatic N) is 3. The summed E-state index contributed by atoms with van der Waals surface area (Å²) in [6.07, 6.45) is 9.01. The van der Waals surface area contributed by atoms with Crippen molar-refractivity contribution in [2.75, 3.05) is 0 Å². The van der Waals surface area contributed by atoms with Gasteiger partial charge in [0.05, 0.1) is 12.7 Å². The molecule has 1 N–H and O–H groups in total. The average Bonchev–Trinajstić information content (AvgIpc) is 3.12. The van der Waals surface area contributed by atoms with Crippen molar-refractivity contribution in [2.45, 2.75) is 13.5 Å². The second-order valence-electron chi connectivity index (χ2n) is 7.51. The smallest absolute Gasteiger partial charge is 0.199 e. The number of hydrogen-bond acceptors (Lipinski definition) is 4. The topological polar surface area (TPSA) is 60.2 Å². The predicted molar refractivity (Wildman–Crippen MR) is 121 cm³/mol. The predicted octanol–water partition coefficient (Wildman–Crippen LogP) is 5.95. The van der Waals surface area contributed by atoms with Gasteiger partial charge in [0.1, 0.15) is 11.5 Å². The highest BCUT2D eigenvalue weighted by Crippen LogP contribution is 2.34. The molecule has 0 fully saturated rings. The Morgan fingerprint density at radius 2 is 1.65 bits per heavy atom. The Morgan fingerprint density at radius 1 is 0.871 bits per heavy atom. The SMILES string of the molecule is Cc1cc(-c2cccnc2)cc2cn(Cc3ccc(Oc4cccnc4)cc3)c(O)c12. The zero-order valence-corrected chi connectivity index (χ0v) is 17.1. The molecule has 3 aromatic heterocycles. The van der Waals surface area contributed by atoms with Crippen molar-refractivity contribution < 1.29 is 9.84 Å². The van der Waals surface area contributed by atoms with Crippen LogP contribution >= 0.6 is 0 Å². The maximum Gasteiger partial charge on any atom is 0.199 e. The molecule has 2 aromatic carbocycles. The van der Waals surface area contributed by atoms with Gasteiger partial charge in [-0.15, -0.1) is 0 Å². The van der Waals surface area contributed by atoms with Gasteiger partial charge < -0.3 is 14.4 Å². The molecule has 0 spiro atoms. The molecular formula is C26H21N3O2. The van der Waals surface area contributed by atoms with E-state index in [1.54, 1.807) is 18.6 Å². The van der Waals surface area contributed by atoms with E-state index in [-0.39, 0.29) is 5.88 Å². The number of fused-ring (bicyclic) bond motifs is 1. The Labute approximate surface area is 180 Å².